The highest BCUT2D eigenvalue weighted by molar-refractivity contribution is 5.81. The molecule has 0 bridgehead atoms. The van der Waals surface area contributed by atoms with Crippen LogP contribution in [0.25, 0.3) is 0 Å². The maximum absolute atomic E-state index is 11.7. The Kier molecular flexibility index (Phi) is 6.70. The Hall–Kier alpha value is -1.10. The lowest BCUT2D eigenvalue weighted by atomic mass is 10.3. The van der Waals surface area contributed by atoms with Crippen molar-refractivity contribution in [1.29, 1.82) is 0 Å². The molecule has 1 atom stereocenters. The highest BCUT2D eigenvalue weighted by atomic mass is 16.5. The van der Waals surface area contributed by atoms with Crippen LogP contribution in [0.5, 0.6) is 0 Å². The normalized spacial score (nSPS) is 12.2. The van der Waals surface area contributed by atoms with Crippen LogP contribution >= 0.6 is 0 Å². The largest absolute Gasteiger partial charge is 0.481 e. The SMILES string of the molecule is CCOC(C)C(=O)N(CC)CCC(=O)O. The lowest BCUT2D eigenvalue weighted by Gasteiger charge is -2.23. The zero-order valence-corrected chi connectivity index (χ0v) is 9.52. The summed E-state index contributed by atoms with van der Waals surface area (Å²) >= 11 is 0. The molecule has 0 spiro atoms. The van der Waals surface area contributed by atoms with Gasteiger partial charge in [0.1, 0.15) is 6.10 Å². The van der Waals surface area contributed by atoms with Gasteiger partial charge in [0.2, 0.25) is 0 Å². The summed E-state index contributed by atoms with van der Waals surface area (Å²) in [5.74, 6) is -1.05. The molecule has 0 rings (SSSR count). The topological polar surface area (TPSA) is 66.8 Å². The molecule has 1 amide bonds. The molecule has 0 heterocycles. The van der Waals surface area contributed by atoms with Crippen LogP contribution in [-0.4, -0.2) is 47.7 Å². The molecule has 88 valence electrons. The van der Waals surface area contributed by atoms with Gasteiger partial charge >= 0.3 is 5.97 Å². The van der Waals surface area contributed by atoms with Crippen molar-refractivity contribution in [1.82, 2.24) is 4.90 Å². The quantitative estimate of drug-likeness (QED) is 0.682. The van der Waals surface area contributed by atoms with E-state index >= 15 is 0 Å². The number of rotatable bonds is 7. The standard InChI is InChI=1S/C10H19NO4/c1-4-11(7-6-9(12)13)10(14)8(3)15-5-2/h8H,4-7H2,1-3H3,(H,12,13). The number of nitrogens with zero attached hydrogens (tertiary/aromatic N) is 1. The van der Waals surface area contributed by atoms with Gasteiger partial charge in [0.15, 0.2) is 0 Å². The number of hydrogen-bond donors (Lipinski definition) is 1. The number of ether oxygens (including phenoxy) is 1. The number of carbonyl (C=O) groups excluding carboxylic acids is 1. The van der Waals surface area contributed by atoms with Crippen molar-refractivity contribution < 1.29 is 19.4 Å². The molecule has 0 saturated heterocycles. The third-order valence-corrected chi connectivity index (χ3v) is 2.05. The van der Waals surface area contributed by atoms with Crippen LogP contribution < -0.4 is 0 Å². The number of carbonyl (C=O) groups is 2. The minimum Gasteiger partial charge on any atom is -0.481 e. The fourth-order valence-electron chi connectivity index (χ4n) is 1.23. The van der Waals surface area contributed by atoms with E-state index in [4.69, 9.17) is 9.84 Å². The van der Waals surface area contributed by atoms with Gasteiger partial charge in [-0.3, -0.25) is 9.59 Å². The van der Waals surface area contributed by atoms with E-state index in [-0.39, 0.29) is 18.9 Å². The molecule has 0 aliphatic heterocycles. The fraction of sp³-hybridized carbons (Fsp3) is 0.800. The van der Waals surface area contributed by atoms with Crippen LogP contribution in [0.3, 0.4) is 0 Å². The summed E-state index contributed by atoms with van der Waals surface area (Å²) in [5, 5.41) is 8.51. The van der Waals surface area contributed by atoms with Crippen molar-refractivity contribution in [2.45, 2.75) is 33.3 Å². The van der Waals surface area contributed by atoms with E-state index < -0.39 is 12.1 Å². The van der Waals surface area contributed by atoms with Gasteiger partial charge in [-0.1, -0.05) is 0 Å². The Bertz CT molecular complexity index is 217. The highest BCUT2D eigenvalue weighted by Gasteiger charge is 2.19. The summed E-state index contributed by atoms with van der Waals surface area (Å²) in [5.41, 5.74) is 0. The van der Waals surface area contributed by atoms with Crippen molar-refractivity contribution in [2.24, 2.45) is 0 Å². The molecule has 15 heavy (non-hydrogen) atoms. The monoisotopic (exact) mass is 217 g/mol. The minimum absolute atomic E-state index is 0.0293. The summed E-state index contributed by atoms with van der Waals surface area (Å²) in [7, 11) is 0. The first-order valence-corrected chi connectivity index (χ1v) is 5.15. The third kappa shape index (κ3) is 5.37. The molecule has 0 saturated carbocycles. The number of likely N-dealkylation sites (N-methyl/N-ethyl adjacent to an activating group) is 1. The summed E-state index contributed by atoms with van der Waals surface area (Å²) < 4.78 is 5.15. The molecule has 5 nitrogen and oxygen atoms in total. The molecule has 0 fully saturated rings. The van der Waals surface area contributed by atoms with E-state index in [0.717, 1.165) is 0 Å². The molecular formula is C10H19NO4. The van der Waals surface area contributed by atoms with E-state index in [1.54, 1.807) is 6.92 Å². The van der Waals surface area contributed by atoms with E-state index in [0.29, 0.717) is 13.2 Å². The van der Waals surface area contributed by atoms with E-state index in [9.17, 15) is 9.59 Å². The van der Waals surface area contributed by atoms with Gasteiger partial charge in [0.05, 0.1) is 6.42 Å². The van der Waals surface area contributed by atoms with Crippen LogP contribution in [0.4, 0.5) is 0 Å². The zero-order chi connectivity index (χ0) is 11.8. The first-order valence-electron chi connectivity index (χ1n) is 5.15. The third-order valence-electron chi connectivity index (χ3n) is 2.05. The van der Waals surface area contributed by atoms with Gasteiger partial charge in [-0.15, -0.1) is 0 Å². The second kappa shape index (κ2) is 7.23. The fourth-order valence-corrected chi connectivity index (χ4v) is 1.23. The van der Waals surface area contributed by atoms with Gasteiger partial charge in [-0.25, -0.2) is 0 Å². The Labute approximate surface area is 90.0 Å². The molecule has 0 aromatic rings. The van der Waals surface area contributed by atoms with Gasteiger partial charge in [-0.05, 0) is 20.8 Å². The second-order valence-electron chi connectivity index (χ2n) is 3.16. The molecule has 0 aromatic carbocycles. The van der Waals surface area contributed by atoms with Crippen LogP contribution in [0.2, 0.25) is 0 Å². The molecule has 0 aliphatic carbocycles. The van der Waals surface area contributed by atoms with Crippen molar-refractivity contribution in [3.8, 4) is 0 Å². The van der Waals surface area contributed by atoms with Crippen molar-refractivity contribution >= 4 is 11.9 Å². The van der Waals surface area contributed by atoms with Gasteiger partial charge in [0.25, 0.3) is 5.91 Å². The number of aliphatic carboxylic acids is 1. The number of hydrogen-bond acceptors (Lipinski definition) is 3. The lowest BCUT2D eigenvalue weighted by Crippen LogP contribution is -2.40. The first-order chi connectivity index (χ1) is 7.02. The van der Waals surface area contributed by atoms with Crippen LogP contribution in [-0.2, 0) is 14.3 Å². The number of carboxylic acids is 1. The molecule has 0 radical (unpaired) electrons. The highest BCUT2D eigenvalue weighted by Crippen LogP contribution is 2.00. The summed E-state index contributed by atoms with van der Waals surface area (Å²) in [4.78, 5) is 23.5. The van der Waals surface area contributed by atoms with Gasteiger partial charge in [0, 0.05) is 19.7 Å². The van der Waals surface area contributed by atoms with Crippen molar-refractivity contribution in [3.63, 3.8) is 0 Å². The Morgan fingerprint density at radius 2 is 2.00 bits per heavy atom. The molecule has 0 aliphatic rings. The molecular weight excluding hydrogens is 198 g/mol. The summed E-state index contributed by atoms with van der Waals surface area (Å²) in [6, 6.07) is 0. The molecule has 0 aromatic heterocycles. The number of carboxylic acid groups (broad SMARTS) is 1. The summed E-state index contributed by atoms with van der Waals surface area (Å²) in [6.45, 7) is 6.53. The van der Waals surface area contributed by atoms with Crippen molar-refractivity contribution in [3.05, 3.63) is 0 Å². The maximum atomic E-state index is 11.7. The smallest absolute Gasteiger partial charge is 0.305 e. The number of amides is 1. The maximum Gasteiger partial charge on any atom is 0.305 e. The Balaban J connectivity index is 4.14. The van der Waals surface area contributed by atoms with Gasteiger partial charge in [-0.2, -0.15) is 0 Å². The molecule has 1 unspecified atom stereocenters. The lowest BCUT2D eigenvalue weighted by molar-refractivity contribution is -0.143. The predicted octanol–water partition coefficient (Wildman–Crippen LogP) is 0.735. The first kappa shape index (κ1) is 13.9. The minimum atomic E-state index is -0.898. The van der Waals surface area contributed by atoms with E-state index in [1.165, 1.54) is 4.90 Å². The van der Waals surface area contributed by atoms with Crippen LogP contribution in [0.1, 0.15) is 27.2 Å². The van der Waals surface area contributed by atoms with E-state index in [2.05, 4.69) is 0 Å². The predicted molar refractivity (Wildman–Crippen MR) is 55.6 cm³/mol. The average Bonchev–Trinajstić information content (AvgIpc) is 2.18. The Morgan fingerprint density at radius 3 is 2.40 bits per heavy atom. The molecule has 1 N–H and O–H groups in total. The van der Waals surface area contributed by atoms with E-state index in [1.807, 2.05) is 13.8 Å². The second-order valence-corrected chi connectivity index (χ2v) is 3.16. The average molecular weight is 217 g/mol. The van der Waals surface area contributed by atoms with Crippen molar-refractivity contribution in [2.75, 3.05) is 19.7 Å². The molecule has 5 heteroatoms. The Morgan fingerprint density at radius 1 is 1.40 bits per heavy atom. The van der Waals surface area contributed by atoms with Crippen LogP contribution in [0, 0.1) is 0 Å². The summed E-state index contributed by atoms with van der Waals surface area (Å²) in [6.07, 6.45) is -0.526. The van der Waals surface area contributed by atoms with Gasteiger partial charge < -0.3 is 14.7 Å². The van der Waals surface area contributed by atoms with Crippen LogP contribution in [0.15, 0.2) is 0 Å². The zero-order valence-electron chi connectivity index (χ0n) is 9.52.